The first-order valence-electron chi connectivity index (χ1n) is 11.3. The van der Waals surface area contributed by atoms with Gasteiger partial charge in [0.05, 0.1) is 22.5 Å². The Morgan fingerprint density at radius 2 is 2.06 bits per heavy atom. The Morgan fingerprint density at radius 1 is 1.21 bits per heavy atom. The topological polar surface area (TPSA) is 78.3 Å². The summed E-state index contributed by atoms with van der Waals surface area (Å²) in [7, 11) is 0. The molecule has 0 saturated carbocycles. The monoisotopic (exact) mass is 474 g/mol. The van der Waals surface area contributed by atoms with Crippen LogP contribution in [0, 0.1) is 13.8 Å². The van der Waals surface area contributed by atoms with Crippen LogP contribution in [0.25, 0.3) is 15.3 Å². The minimum Gasteiger partial charge on any atom is -0.490 e. The Bertz CT molecular complexity index is 1400. The summed E-state index contributed by atoms with van der Waals surface area (Å²) in [5, 5.41) is 8.56. The van der Waals surface area contributed by atoms with Crippen LogP contribution < -0.4 is 14.8 Å². The maximum Gasteiger partial charge on any atom is 0.226 e. The molecule has 8 heteroatoms. The van der Waals surface area contributed by atoms with Gasteiger partial charge in [-0.15, -0.1) is 0 Å². The van der Waals surface area contributed by atoms with E-state index in [0.717, 1.165) is 32.2 Å². The molecule has 1 amide bonds. The Kier molecular flexibility index (Phi) is 5.83. The summed E-state index contributed by atoms with van der Waals surface area (Å²) in [6, 6.07) is 12.0. The first kappa shape index (κ1) is 22.2. The third-order valence-corrected chi connectivity index (χ3v) is 6.84. The highest BCUT2D eigenvalue weighted by atomic mass is 32.1. The summed E-state index contributed by atoms with van der Waals surface area (Å²) in [4.78, 5) is 17.6. The predicted molar refractivity (Wildman–Crippen MR) is 135 cm³/mol. The summed E-state index contributed by atoms with van der Waals surface area (Å²) in [5.74, 6) is 1.78. The number of anilines is 1. The van der Waals surface area contributed by atoms with Gasteiger partial charge < -0.3 is 14.8 Å². The third-order valence-electron chi connectivity index (χ3n) is 5.84. The van der Waals surface area contributed by atoms with Crippen molar-refractivity contribution in [2.75, 3.05) is 18.5 Å². The molecule has 1 aliphatic rings. The smallest absolute Gasteiger partial charge is 0.226 e. The highest BCUT2D eigenvalue weighted by Crippen LogP contribution is 2.43. The Labute approximate surface area is 202 Å². The molecule has 3 heterocycles. The van der Waals surface area contributed by atoms with E-state index in [-0.39, 0.29) is 11.8 Å². The van der Waals surface area contributed by atoms with Crippen LogP contribution in [0.15, 0.2) is 49.1 Å². The second-order valence-corrected chi connectivity index (χ2v) is 9.28. The standard InChI is InChI=1S/C26H26N4O3S/c1-5-11-33-20-10-8-17(13-21(20)32-6-2)18-14-23(31)28-25-24(18)16(4)29-30(25)26-27-19-9-7-15(3)12-22(19)34-26/h5,7-10,12-13,18H,1,6,11,14H2,2-4H3,(H,28,31)/t18-/m0/s1. The van der Waals surface area contributed by atoms with Gasteiger partial charge in [-0.05, 0) is 56.2 Å². The number of amides is 1. The normalized spacial score (nSPS) is 15.1. The highest BCUT2D eigenvalue weighted by Gasteiger charge is 2.33. The maximum atomic E-state index is 12.8. The molecule has 4 aromatic rings. The quantitative estimate of drug-likeness (QED) is 0.356. The van der Waals surface area contributed by atoms with Crippen LogP contribution >= 0.6 is 11.3 Å². The zero-order chi connectivity index (χ0) is 23.8. The summed E-state index contributed by atoms with van der Waals surface area (Å²) >= 11 is 1.56. The fourth-order valence-corrected chi connectivity index (χ4v) is 5.38. The van der Waals surface area contributed by atoms with Crippen molar-refractivity contribution in [2.24, 2.45) is 0 Å². The van der Waals surface area contributed by atoms with Gasteiger partial charge in [0.2, 0.25) is 11.0 Å². The van der Waals surface area contributed by atoms with Crippen LogP contribution in [-0.2, 0) is 4.79 Å². The van der Waals surface area contributed by atoms with Crippen molar-refractivity contribution in [2.45, 2.75) is 33.1 Å². The van der Waals surface area contributed by atoms with Crippen LogP contribution in [0.3, 0.4) is 0 Å². The van der Waals surface area contributed by atoms with Crippen molar-refractivity contribution >= 4 is 33.3 Å². The van der Waals surface area contributed by atoms with Gasteiger partial charge in [-0.2, -0.15) is 9.78 Å². The van der Waals surface area contributed by atoms with E-state index in [9.17, 15) is 4.79 Å². The average Bonchev–Trinajstić information content (AvgIpc) is 3.38. The van der Waals surface area contributed by atoms with Crippen molar-refractivity contribution in [3.8, 4) is 16.6 Å². The molecule has 0 bridgehead atoms. The number of carbonyl (C=O) groups excluding carboxylic acids is 1. The number of aryl methyl sites for hydroxylation is 2. The molecule has 174 valence electrons. The van der Waals surface area contributed by atoms with Gasteiger partial charge >= 0.3 is 0 Å². The Morgan fingerprint density at radius 3 is 2.85 bits per heavy atom. The van der Waals surface area contributed by atoms with E-state index in [4.69, 9.17) is 19.6 Å². The predicted octanol–water partition coefficient (Wildman–Crippen LogP) is 5.54. The van der Waals surface area contributed by atoms with Crippen LogP contribution in [-0.4, -0.2) is 33.9 Å². The van der Waals surface area contributed by atoms with E-state index in [1.807, 2.05) is 44.2 Å². The van der Waals surface area contributed by atoms with Crippen molar-refractivity contribution in [1.29, 1.82) is 0 Å². The summed E-state index contributed by atoms with van der Waals surface area (Å²) in [6.07, 6.45) is 2.03. The molecule has 0 saturated heterocycles. The minimum absolute atomic E-state index is 0.0550. The molecule has 2 aromatic heterocycles. The van der Waals surface area contributed by atoms with Crippen molar-refractivity contribution in [1.82, 2.24) is 14.8 Å². The largest absolute Gasteiger partial charge is 0.490 e. The number of rotatable bonds is 7. The molecule has 1 N–H and O–H groups in total. The van der Waals surface area contributed by atoms with E-state index in [2.05, 4.69) is 24.9 Å². The lowest BCUT2D eigenvalue weighted by Gasteiger charge is -2.25. The van der Waals surface area contributed by atoms with Crippen LogP contribution in [0.1, 0.15) is 41.6 Å². The number of nitrogens with one attached hydrogen (secondary N) is 1. The maximum absolute atomic E-state index is 12.8. The van der Waals surface area contributed by atoms with E-state index in [0.29, 0.717) is 37.0 Å². The van der Waals surface area contributed by atoms with Gasteiger partial charge in [-0.3, -0.25) is 4.79 Å². The van der Waals surface area contributed by atoms with Gasteiger partial charge in [0.1, 0.15) is 12.4 Å². The number of thiazole rings is 1. The summed E-state index contributed by atoms with van der Waals surface area (Å²) in [5.41, 5.74) is 4.94. The lowest BCUT2D eigenvalue weighted by Crippen LogP contribution is -2.25. The lowest BCUT2D eigenvalue weighted by atomic mass is 9.85. The molecular formula is C26H26N4O3S. The second kappa shape index (κ2) is 8.95. The van der Waals surface area contributed by atoms with Crippen molar-refractivity contribution in [3.63, 3.8) is 0 Å². The molecule has 0 unspecified atom stereocenters. The van der Waals surface area contributed by atoms with Crippen molar-refractivity contribution in [3.05, 3.63) is 71.4 Å². The van der Waals surface area contributed by atoms with E-state index in [1.54, 1.807) is 22.1 Å². The molecular weight excluding hydrogens is 448 g/mol. The fourth-order valence-electron chi connectivity index (χ4n) is 4.36. The third kappa shape index (κ3) is 3.94. The summed E-state index contributed by atoms with van der Waals surface area (Å²) < 4.78 is 14.4. The number of aromatic nitrogens is 3. The van der Waals surface area contributed by atoms with Crippen LogP contribution in [0.5, 0.6) is 11.5 Å². The SMILES string of the molecule is C=CCOc1ccc([C@@H]2CC(=O)Nc3c2c(C)nn3-c2nc3ccc(C)cc3s2)cc1OCC. The second-order valence-electron chi connectivity index (χ2n) is 8.27. The molecule has 0 fully saturated rings. The van der Waals surface area contributed by atoms with E-state index in [1.165, 1.54) is 5.56 Å². The van der Waals surface area contributed by atoms with Gasteiger partial charge in [0, 0.05) is 17.9 Å². The fraction of sp³-hybridized carbons (Fsp3) is 0.269. The van der Waals surface area contributed by atoms with E-state index < -0.39 is 0 Å². The molecule has 34 heavy (non-hydrogen) atoms. The zero-order valence-corrected chi connectivity index (χ0v) is 20.2. The Hall–Kier alpha value is -3.65. The molecule has 1 atom stereocenters. The van der Waals surface area contributed by atoms with Gasteiger partial charge in [0.15, 0.2) is 11.5 Å². The van der Waals surface area contributed by atoms with Gasteiger partial charge in [0.25, 0.3) is 0 Å². The van der Waals surface area contributed by atoms with Gasteiger partial charge in [-0.1, -0.05) is 36.1 Å². The molecule has 1 aliphatic heterocycles. The van der Waals surface area contributed by atoms with E-state index >= 15 is 0 Å². The molecule has 5 rings (SSSR count). The molecule has 7 nitrogen and oxygen atoms in total. The molecule has 0 aliphatic carbocycles. The number of hydrogen-bond acceptors (Lipinski definition) is 6. The summed E-state index contributed by atoms with van der Waals surface area (Å²) in [6.45, 7) is 10.6. The van der Waals surface area contributed by atoms with Crippen LogP contribution in [0.4, 0.5) is 5.82 Å². The average molecular weight is 475 g/mol. The number of fused-ring (bicyclic) bond motifs is 2. The number of hydrogen-bond donors (Lipinski definition) is 1. The minimum atomic E-state index is -0.151. The number of nitrogens with zero attached hydrogens (tertiary/aromatic N) is 3. The molecule has 2 aromatic carbocycles. The first-order valence-corrected chi connectivity index (χ1v) is 12.1. The number of ether oxygens (including phenoxy) is 2. The molecule has 0 spiro atoms. The number of carbonyl (C=O) groups is 1. The first-order chi connectivity index (χ1) is 16.5. The van der Waals surface area contributed by atoms with Gasteiger partial charge in [-0.25, -0.2) is 4.98 Å². The highest BCUT2D eigenvalue weighted by molar-refractivity contribution is 7.20. The lowest BCUT2D eigenvalue weighted by molar-refractivity contribution is -0.116. The number of benzene rings is 2. The molecule has 0 radical (unpaired) electrons. The van der Waals surface area contributed by atoms with Crippen LogP contribution in [0.2, 0.25) is 0 Å². The zero-order valence-electron chi connectivity index (χ0n) is 19.4. The Balaban J connectivity index is 1.59. The van der Waals surface area contributed by atoms with Crippen molar-refractivity contribution < 1.29 is 14.3 Å².